The van der Waals surface area contributed by atoms with Crippen LogP contribution in [0.4, 0.5) is 80.3 Å². The molecule has 28 nitrogen and oxygen atoms in total. The SMILES string of the molecule is CC(=O)CN1CCC(Cn2cc(C#N)c3c(N(Cc4ccc(C(F)(F)F)cc4)C4CC4)ncnc32)CC1.CC(=O)CN1CCC(Cn2cc(F)c3c(N(Cc4ccc(C(F)(F)F)cc4)C4CC4)ncnc32)CC1.CC(=O)CN1CCC(Cn2ccc3c(N4CCOC[C@@H]4c4cccc(C(F)(F)F)c4)ncnc32)[C@@H](O)C1.CC(=O)CN1CCC(Cn2cnc3c(N(Cc4ccc(C(F)(F)F)cc4)C4CC4)ncnc32)CC1. The van der Waals surface area contributed by atoms with Crippen molar-refractivity contribution in [1.82, 2.24) is 82.7 Å². The number of likely N-dealkylation sites (tertiary alicyclic amines) is 4. The molecule has 0 spiro atoms. The van der Waals surface area contributed by atoms with Gasteiger partial charge < -0.3 is 47.7 Å². The van der Waals surface area contributed by atoms with Crippen molar-refractivity contribution in [3.05, 3.63) is 209 Å². The van der Waals surface area contributed by atoms with Crippen LogP contribution < -0.4 is 19.6 Å². The molecule has 1 unspecified atom stereocenters. The third-order valence-corrected chi connectivity index (χ3v) is 28.4. The Labute approximate surface area is 829 Å². The molecule has 13 heterocycles. The van der Waals surface area contributed by atoms with Gasteiger partial charge in [0.1, 0.15) is 88.9 Å². The molecule has 0 radical (unpaired) electrons. The number of fused-ring (bicyclic) bond motifs is 4. The molecule has 8 aliphatic rings. The van der Waals surface area contributed by atoms with Gasteiger partial charge in [0.15, 0.2) is 22.8 Å². The van der Waals surface area contributed by atoms with Gasteiger partial charge in [-0.1, -0.05) is 48.5 Å². The Morgan fingerprint density at radius 1 is 0.434 bits per heavy atom. The lowest BCUT2D eigenvalue weighted by molar-refractivity contribution is -0.138. The number of aliphatic hydroxyl groups is 1. The van der Waals surface area contributed by atoms with Crippen LogP contribution in [0.5, 0.6) is 0 Å². The first-order valence-corrected chi connectivity index (χ1v) is 49.4. The van der Waals surface area contributed by atoms with Gasteiger partial charge in [0.25, 0.3) is 0 Å². The molecule has 3 saturated carbocycles. The molecule has 41 heteroatoms. The monoisotopic (exact) mass is 2020 g/mol. The summed E-state index contributed by atoms with van der Waals surface area (Å²) in [6.45, 7) is 19.8. The van der Waals surface area contributed by atoms with Gasteiger partial charge in [0.2, 0.25) is 0 Å². The summed E-state index contributed by atoms with van der Waals surface area (Å²) in [7, 11) is 0. The summed E-state index contributed by atoms with van der Waals surface area (Å²) in [6.07, 6.45) is 7.33. The summed E-state index contributed by atoms with van der Waals surface area (Å²) in [6, 6.07) is 25.5. The number of anilines is 4. The average Bonchev–Trinajstić information content (AvgIpc) is 1.65. The lowest BCUT2D eigenvalue weighted by Crippen LogP contribution is -2.46. The molecule has 3 aliphatic carbocycles. The zero-order valence-corrected chi connectivity index (χ0v) is 81.1. The molecule has 145 heavy (non-hydrogen) atoms. The largest absolute Gasteiger partial charge is 0.416 e. The molecule has 5 aliphatic heterocycles. The summed E-state index contributed by atoms with van der Waals surface area (Å²) in [5.74, 6) is 3.99. The Balaban J connectivity index is 0.000000132. The number of nitrogens with zero attached hydrogens (tertiary/aromatic N) is 22. The molecular weight excluding hydrogens is 1900 g/mol. The summed E-state index contributed by atoms with van der Waals surface area (Å²) in [5.41, 5.74) is 4.01. The van der Waals surface area contributed by atoms with Crippen molar-refractivity contribution in [2.24, 2.45) is 23.7 Å². The van der Waals surface area contributed by atoms with E-state index in [0.29, 0.717) is 164 Å². The molecule has 0 bridgehead atoms. The van der Waals surface area contributed by atoms with Gasteiger partial charge >= 0.3 is 24.7 Å². The predicted molar refractivity (Wildman–Crippen MR) is 518 cm³/mol. The van der Waals surface area contributed by atoms with Crippen LogP contribution in [0.15, 0.2) is 153 Å². The second-order valence-corrected chi connectivity index (χ2v) is 39.8. The van der Waals surface area contributed by atoms with Crippen molar-refractivity contribution in [2.45, 2.75) is 212 Å². The molecule has 4 aromatic carbocycles. The first-order chi connectivity index (χ1) is 69.4. The normalized spacial score (nSPS) is 19.0. The highest BCUT2D eigenvalue weighted by atomic mass is 19.4. The fourth-order valence-electron chi connectivity index (χ4n) is 20.6. The second-order valence-electron chi connectivity index (χ2n) is 39.8. The third-order valence-electron chi connectivity index (χ3n) is 28.4. The van der Waals surface area contributed by atoms with Crippen molar-refractivity contribution >= 4 is 90.7 Å². The number of imidazole rings is 1. The maximum absolute atomic E-state index is 15.3. The van der Waals surface area contributed by atoms with E-state index in [9.17, 15) is 82.2 Å². The van der Waals surface area contributed by atoms with Crippen LogP contribution in [0.25, 0.3) is 44.3 Å². The lowest BCUT2D eigenvalue weighted by Gasteiger charge is -2.37. The number of hydrogen-bond donors (Lipinski definition) is 1. The van der Waals surface area contributed by atoms with Gasteiger partial charge in [0, 0.05) is 102 Å². The quantitative estimate of drug-likeness (QED) is 0.0409. The van der Waals surface area contributed by atoms with Gasteiger partial charge in [0.05, 0.1) is 102 Å². The number of ketones is 4. The topological polar surface area (TPSA) is 283 Å². The summed E-state index contributed by atoms with van der Waals surface area (Å²) >= 11 is 0. The molecular formula is C104H117F13N22O6. The highest BCUT2D eigenvalue weighted by molar-refractivity contribution is 5.94. The average molecular weight is 2020 g/mol. The van der Waals surface area contributed by atoms with Crippen LogP contribution in [0.2, 0.25) is 0 Å². The van der Waals surface area contributed by atoms with Crippen molar-refractivity contribution < 1.29 is 86.1 Å². The van der Waals surface area contributed by atoms with Crippen LogP contribution in [0.3, 0.4) is 0 Å². The van der Waals surface area contributed by atoms with E-state index in [0.717, 1.165) is 218 Å². The molecule has 8 fully saturated rings. The van der Waals surface area contributed by atoms with Crippen LogP contribution in [-0.4, -0.2) is 233 Å². The fraction of sp³-hybridized carbons (Fsp3) is 0.500. The molecule has 8 aromatic heterocycles. The van der Waals surface area contributed by atoms with Gasteiger partial charge in [-0.3, -0.25) is 38.8 Å². The molecule has 0 amide bonds. The van der Waals surface area contributed by atoms with E-state index in [1.807, 2.05) is 53.2 Å². The van der Waals surface area contributed by atoms with E-state index in [1.165, 1.54) is 73.7 Å². The summed E-state index contributed by atoms with van der Waals surface area (Å²) in [4.78, 5) is 103. The number of aromatic nitrogens is 13. The number of morpholine rings is 1. The third kappa shape index (κ3) is 26.1. The minimum absolute atomic E-state index is 0.0125. The van der Waals surface area contributed by atoms with Crippen LogP contribution in [0, 0.1) is 40.8 Å². The van der Waals surface area contributed by atoms with Crippen molar-refractivity contribution in [3.63, 3.8) is 0 Å². The second kappa shape index (κ2) is 44.8. The van der Waals surface area contributed by atoms with Crippen molar-refractivity contribution in [1.29, 1.82) is 5.26 Å². The Morgan fingerprint density at radius 3 is 1.30 bits per heavy atom. The lowest BCUT2D eigenvalue weighted by atomic mass is 9.93. The van der Waals surface area contributed by atoms with E-state index in [1.54, 1.807) is 40.1 Å². The van der Waals surface area contributed by atoms with E-state index in [2.05, 4.69) is 80.0 Å². The maximum Gasteiger partial charge on any atom is 0.416 e. The van der Waals surface area contributed by atoms with E-state index < -0.39 is 64.9 Å². The Hall–Kier alpha value is -12.5. The number of hydrogen-bond acceptors (Lipinski definition) is 24. The minimum Gasteiger partial charge on any atom is -0.391 e. The van der Waals surface area contributed by atoms with Gasteiger partial charge in [-0.25, -0.2) is 49.2 Å². The molecule has 5 saturated heterocycles. The first-order valence-electron chi connectivity index (χ1n) is 49.4. The number of Topliss-reactive ketones (excluding diaryl/α,β-unsaturated/α-hetero) is 4. The van der Waals surface area contributed by atoms with Crippen molar-refractivity contribution in [2.75, 3.05) is 118 Å². The number of benzene rings is 4. The molecule has 20 rings (SSSR count). The Bertz CT molecular complexity index is 6550. The number of rotatable bonds is 30. The van der Waals surface area contributed by atoms with Crippen LogP contribution in [-0.2, 0) is 94.4 Å². The molecule has 12 aromatic rings. The smallest absolute Gasteiger partial charge is 0.391 e. The van der Waals surface area contributed by atoms with Crippen LogP contribution >= 0.6 is 0 Å². The molecule has 3 atom stereocenters. The Kier molecular flexibility index (Phi) is 32.1. The number of alkyl halides is 12. The number of carbonyl (C=O) groups is 4. The number of halogens is 13. The predicted octanol–water partition coefficient (Wildman–Crippen LogP) is 17.5. The number of β-amino-alcohol motifs (C(OH)–C–C–N with tert-alkyl or cyclic N) is 1. The summed E-state index contributed by atoms with van der Waals surface area (Å²) < 4.78 is 186. The maximum atomic E-state index is 15.3. The van der Waals surface area contributed by atoms with E-state index in [4.69, 9.17) is 4.74 Å². The molecule has 770 valence electrons. The standard InChI is InChI=1S/C27H29F3N6O.C26H29F4N5O.C26H30F3N5O3.C25H29F3N6O/c1-18(37)13-34-10-8-20(9-11-34)14-35-16-21(12-31)24-25(35)32-17-33-26(24)36(23-6-7-23)15-19-2-4-22(5-3-19)27(28,29)30;1-17(36)12-33-10-8-19(9-11-33)13-34-15-22(27)23-24(34)31-16-32-25(23)35(21-6-7-21)14-18-2-4-20(5-3-18)26(28,29)30;1-17(35)12-32-7-5-19(23(36)14-32)13-33-8-6-21-24(33)30-16-31-25(21)34-9-10-37-15-22(34)18-3-2-4-20(11-18)26(27,28)29;1-17(35)12-32-10-8-19(9-11-32)13-33-16-31-22-23(33)29-15-30-24(22)34(21-6-7-21)14-18-2-4-20(5-3-18)25(26,27)28/h2-5,16-17,20,23H,6-11,13-15H2,1H3;2-5,15-16,19,21H,6-14H2,1H3;2-4,6,8,11,16,19,22-23,36H,5,7,9-10,12-15H2,1H3;2-5,15-16,19,21H,6-14H2,1H3/t;;19?,22-,23+;/m..1./s1. The fourth-order valence-corrected chi connectivity index (χ4v) is 20.6. The summed E-state index contributed by atoms with van der Waals surface area (Å²) in [5, 5.41) is 22.5. The zero-order valence-electron chi connectivity index (χ0n) is 81.1. The van der Waals surface area contributed by atoms with Crippen molar-refractivity contribution in [3.8, 4) is 6.07 Å². The zero-order chi connectivity index (χ0) is 102. The highest BCUT2D eigenvalue weighted by Crippen LogP contribution is 2.45. The van der Waals surface area contributed by atoms with Gasteiger partial charge in [-0.15, -0.1) is 0 Å². The number of carbonyl (C=O) groups excluding carboxylic acids is 4. The number of piperidine rings is 4. The number of nitriles is 1. The minimum atomic E-state index is -4.43. The van der Waals surface area contributed by atoms with Gasteiger partial charge in [-0.05, 0) is 252 Å². The first kappa shape index (κ1) is 104. The van der Waals surface area contributed by atoms with E-state index >= 15 is 4.39 Å². The number of ether oxygens (including phenoxy) is 1. The number of aliphatic hydroxyl groups excluding tert-OH is 1. The molecule has 1 N–H and O–H groups in total. The van der Waals surface area contributed by atoms with Crippen LogP contribution in [0.1, 0.15) is 167 Å². The van der Waals surface area contributed by atoms with E-state index in [-0.39, 0.29) is 47.7 Å². The Morgan fingerprint density at radius 2 is 0.848 bits per heavy atom. The highest BCUT2D eigenvalue weighted by Gasteiger charge is 2.42. The van der Waals surface area contributed by atoms with Gasteiger partial charge in [-0.2, -0.15) is 57.9 Å².